The maximum atomic E-state index is 13.2. The van der Waals surface area contributed by atoms with Crippen LogP contribution < -0.4 is 5.32 Å². The third-order valence-corrected chi connectivity index (χ3v) is 5.30. The summed E-state index contributed by atoms with van der Waals surface area (Å²) in [6, 6.07) is 10.2. The van der Waals surface area contributed by atoms with E-state index in [1.165, 1.54) is 41.1 Å². The topological polar surface area (TPSA) is 59.8 Å². The van der Waals surface area contributed by atoms with Gasteiger partial charge in [-0.05, 0) is 62.2 Å². The molecule has 0 aliphatic rings. The van der Waals surface area contributed by atoms with Gasteiger partial charge in [-0.25, -0.2) is 4.39 Å². The summed E-state index contributed by atoms with van der Waals surface area (Å²) in [7, 11) is 0. The molecule has 5 nitrogen and oxygen atoms in total. The van der Waals surface area contributed by atoms with Gasteiger partial charge in [0.25, 0.3) is 0 Å². The third kappa shape index (κ3) is 4.48. The van der Waals surface area contributed by atoms with E-state index in [1.807, 2.05) is 30.5 Å². The number of amides is 1. The summed E-state index contributed by atoms with van der Waals surface area (Å²) >= 11 is 7.01. The average Bonchev–Trinajstić information content (AvgIpc) is 2.99. The van der Waals surface area contributed by atoms with Crippen molar-refractivity contribution in [1.29, 1.82) is 0 Å². The summed E-state index contributed by atoms with van der Waals surface area (Å²) in [5.41, 5.74) is 3.77. The van der Waals surface area contributed by atoms with Crippen LogP contribution in [0.4, 0.5) is 10.1 Å². The number of aryl methyl sites for hydroxylation is 3. The standard InChI is InChI=1S/C19H18ClFN4OS/c1-11-4-6-15(8-12(11)2)25-13(3)23-24-19(25)27-10-18(26)22-14-5-7-17(21)16(20)9-14/h4-9H,10H2,1-3H3,(H,22,26). The van der Waals surface area contributed by atoms with Crippen molar-refractivity contribution in [3.63, 3.8) is 0 Å². The second kappa shape index (κ2) is 8.10. The smallest absolute Gasteiger partial charge is 0.234 e. The normalized spacial score (nSPS) is 10.9. The molecule has 8 heteroatoms. The van der Waals surface area contributed by atoms with Crippen LogP contribution in [0.5, 0.6) is 0 Å². The van der Waals surface area contributed by atoms with Gasteiger partial charge < -0.3 is 5.32 Å². The molecule has 0 saturated heterocycles. The molecule has 2 aromatic carbocycles. The van der Waals surface area contributed by atoms with E-state index in [0.717, 1.165) is 11.5 Å². The minimum absolute atomic E-state index is 0.0365. The second-order valence-corrected chi connectivity index (χ2v) is 7.45. The first kappa shape index (κ1) is 19.4. The Hall–Kier alpha value is -2.38. The highest BCUT2D eigenvalue weighted by Gasteiger charge is 2.14. The van der Waals surface area contributed by atoms with Crippen molar-refractivity contribution in [2.24, 2.45) is 0 Å². The number of benzene rings is 2. The van der Waals surface area contributed by atoms with Crippen LogP contribution >= 0.6 is 23.4 Å². The zero-order valence-electron chi connectivity index (χ0n) is 15.1. The van der Waals surface area contributed by atoms with Crippen molar-refractivity contribution >= 4 is 35.0 Å². The molecule has 0 atom stereocenters. The number of nitrogens with one attached hydrogen (secondary N) is 1. The van der Waals surface area contributed by atoms with Crippen molar-refractivity contribution in [2.75, 3.05) is 11.1 Å². The number of anilines is 1. The highest BCUT2D eigenvalue weighted by atomic mass is 35.5. The summed E-state index contributed by atoms with van der Waals surface area (Å²) in [6.07, 6.45) is 0. The first-order valence-electron chi connectivity index (χ1n) is 8.22. The minimum atomic E-state index is -0.527. The van der Waals surface area contributed by atoms with Gasteiger partial charge in [0, 0.05) is 11.4 Å². The zero-order valence-corrected chi connectivity index (χ0v) is 16.7. The molecular formula is C19H18ClFN4OS. The molecule has 0 saturated carbocycles. The monoisotopic (exact) mass is 404 g/mol. The molecule has 1 amide bonds. The summed E-state index contributed by atoms with van der Waals surface area (Å²) in [4.78, 5) is 12.2. The number of rotatable bonds is 5. The van der Waals surface area contributed by atoms with Crippen LogP contribution in [0, 0.1) is 26.6 Å². The largest absolute Gasteiger partial charge is 0.325 e. The van der Waals surface area contributed by atoms with E-state index < -0.39 is 5.82 Å². The zero-order chi connectivity index (χ0) is 19.6. The Morgan fingerprint density at radius 1 is 1.15 bits per heavy atom. The lowest BCUT2D eigenvalue weighted by Crippen LogP contribution is -2.14. The van der Waals surface area contributed by atoms with Crippen LogP contribution in [0.15, 0.2) is 41.6 Å². The van der Waals surface area contributed by atoms with E-state index in [9.17, 15) is 9.18 Å². The Morgan fingerprint density at radius 2 is 1.93 bits per heavy atom. The lowest BCUT2D eigenvalue weighted by Gasteiger charge is -2.10. The van der Waals surface area contributed by atoms with Gasteiger partial charge in [0.05, 0.1) is 10.8 Å². The molecule has 140 valence electrons. The molecule has 0 aliphatic heterocycles. The van der Waals surface area contributed by atoms with E-state index in [-0.39, 0.29) is 16.7 Å². The Kier molecular flexibility index (Phi) is 5.82. The maximum absolute atomic E-state index is 13.2. The fourth-order valence-corrected chi connectivity index (χ4v) is 3.48. The summed E-state index contributed by atoms with van der Waals surface area (Å²) in [5.74, 6) is 0.111. The molecular weight excluding hydrogens is 387 g/mol. The second-order valence-electron chi connectivity index (χ2n) is 6.10. The van der Waals surface area contributed by atoms with Crippen LogP contribution in [0.25, 0.3) is 5.69 Å². The maximum Gasteiger partial charge on any atom is 0.234 e. The number of thioether (sulfide) groups is 1. The Balaban J connectivity index is 1.72. The molecule has 3 rings (SSSR count). The molecule has 0 aliphatic carbocycles. The molecule has 1 heterocycles. The van der Waals surface area contributed by atoms with Crippen LogP contribution in [0.1, 0.15) is 17.0 Å². The number of aromatic nitrogens is 3. The van der Waals surface area contributed by atoms with Crippen molar-refractivity contribution in [3.8, 4) is 5.69 Å². The van der Waals surface area contributed by atoms with Gasteiger partial charge in [0.1, 0.15) is 11.6 Å². The fourth-order valence-electron chi connectivity index (χ4n) is 2.50. The van der Waals surface area contributed by atoms with Crippen LogP contribution in [0.2, 0.25) is 5.02 Å². The quantitative estimate of drug-likeness (QED) is 0.625. The van der Waals surface area contributed by atoms with Gasteiger partial charge in [0.15, 0.2) is 5.16 Å². The summed E-state index contributed by atoms with van der Waals surface area (Å²) in [6.45, 7) is 5.97. The lowest BCUT2D eigenvalue weighted by molar-refractivity contribution is -0.113. The lowest BCUT2D eigenvalue weighted by atomic mass is 10.1. The minimum Gasteiger partial charge on any atom is -0.325 e. The van der Waals surface area contributed by atoms with Crippen molar-refractivity contribution in [1.82, 2.24) is 14.8 Å². The first-order chi connectivity index (χ1) is 12.8. The third-order valence-electron chi connectivity index (χ3n) is 4.08. The number of hydrogen-bond acceptors (Lipinski definition) is 4. The number of halogens is 2. The molecule has 1 aromatic heterocycles. The Morgan fingerprint density at radius 3 is 2.63 bits per heavy atom. The highest BCUT2D eigenvalue weighted by Crippen LogP contribution is 2.24. The molecule has 0 unspecified atom stereocenters. The van der Waals surface area contributed by atoms with Crippen molar-refractivity contribution < 1.29 is 9.18 Å². The van der Waals surface area contributed by atoms with Crippen molar-refractivity contribution in [3.05, 3.63) is 64.2 Å². The van der Waals surface area contributed by atoms with Gasteiger partial charge in [-0.2, -0.15) is 0 Å². The molecule has 0 radical (unpaired) electrons. The molecule has 3 aromatic rings. The predicted octanol–water partition coefficient (Wildman–Crippen LogP) is 4.72. The molecule has 0 fully saturated rings. The van der Waals surface area contributed by atoms with Crippen LogP contribution in [-0.2, 0) is 4.79 Å². The number of hydrogen-bond donors (Lipinski definition) is 1. The first-order valence-corrected chi connectivity index (χ1v) is 9.59. The fraction of sp³-hybridized carbons (Fsp3) is 0.211. The number of nitrogens with zero attached hydrogens (tertiary/aromatic N) is 3. The predicted molar refractivity (Wildman–Crippen MR) is 106 cm³/mol. The van der Waals surface area contributed by atoms with E-state index in [0.29, 0.717) is 10.8 Å². The number of carbonyl (C=O) groups is 1. The van der Waals surface area contributed by atoms with E-state index in [2.05, 4.69) is 28.5 Å². The van der Waals surface area contributed by atoms with Crippen molar-refractivity contribution in [2.45, 2.75) is 25.9 Å². The Labute approximate surface area is 166 Å². The molecule has 1 N–H and O–H groups in total. The van der Waals surface area contributed by atoms with E-state index >= 15 is 0 Å². The highest BCUT2D eigenvalue weighted by molar-refractivity contribution is 7.99. The average molecular weight is 405 g/mol. The van der Waals surface area contributed by atoms with Gasteiger partial charge >= 0.3 is 0 Å². The molecule has 0 bridgehead atoms. The summed E-state index contributed by atoms with van der Waals surface area (Å²) < 4.78 is 15.1. The van der Waals surface area contributed by atoms with E-state index in [4.69, 9.17) is 11.6 Å². The van der Waals surface area contributed by atoms with Gasteiger partial charge in [-0.15, -0.1) is 10.2 Å². The Bertz CT molecular complexity index is 1010. The van der Waals surface area contributed by atoms with E-state index in [1.54, 1.807) is 0 Å². The van der Waals surface area contributed by atoms with Gasteiger partial charge in [0.2, 0.25) is 5.91 Å². The molecule has 0 spiro atoms. The number of carbonyl (C=O) groups excluding carboxylic acids is 1. The van der Waals surface area contributed by atoms with Crippen LogP contribution in [0.3, 0.4) is 0 Å². The summed E-state index contributed by atoms with van der Waals surface area (Å²) in [5, 5.41) is 11.6. The molecule has 27 heavy (non-hydrogen) atoms. The van der Waals surface area contributed by atoms with Gasteiger partial charge in [-0.3, -0.25) is 9.36 Å². The van der Waals surface area contributed by atoms with Gasteiger partial charge in [-0.1, -0.05) is 29.4 Å². The van der Waals surface area contributed by atoms with Crippen LogP contribution in [-0.4, -0.2) is 26.4 Å². The SMILES string of the molecule is Cc1ccc(-n2c(C)nnc2SCC(=O)Nc2ccc(F)c(Cl)c2)cc1C.